The summed E-state index contributed by atoms with van der Waals surface area (Å²) in [6.45, 7) is 1.68. The molecule has 0 spiro atoms. The minimum Gasteiger partial charge on any atom is -0.370 e. The van der Waals surface area contributed by atoms with Gasteiger partial charge in [0, 0.05) is 32.4 Å². The van der Waals surface area contributed by atoms with Crippen molar-refractivity contribution in [1.82, 2.24) is 9.88 Å². The van der Waals surface area contributed by atoms with Crippen LogP contribution in [-0.2, 0) is 18.4 Å². The molecule has 1 heterocycles. The van der Waals surface area contributed by atoms with Crippen molar-refractivity contribution >= 4 is 5.91 Å². The third-order valence-corrected chi connectivity index (χ3v) is 2.00. The summed E-state index contributed by atoms with van der Waals surface area (Å²) in [6, 6.07) is 2.07. The molecule has 0 aliphatic heterocycles. The van der Waals surface area contributed by atoms with Crippen LogP contribution in [-0.4, -0.2) is 17.0 Å². The fraction of sp³-hybridized carbons (Fsp3) is 0.500. The number of carbonyl (C=O) groups is 1. The molecule has 0 saturated heterocycles. The van der Waals surface area contributed by atoms with Crippen LogP contribution < -0.4 is 11.1 Å². The zero-order valence-corrected chi connectivity index (χ0v) is 8.49. The average molecular weight is 195 g/mol. The molecular weight excluding hydrogens is 178 g/mol. The normalized spacial score (nSPS) is 10.4. The summed E-state index contributed by atoms with van der Waals surface area (Å²) in [7, 11) is 2.00. The lowest BCUT2D eigenvalue weighted by atomic mass is 10.3. The largest absolute Gasteiger partial charge is 0.370 e. The van der Waals surface area contributed by atoms with Gasteiger partial charge in [-0.15, -0.1) is 0 Å². The fourth-order valence-electron chi connectivity index (χ4n) is 1.29. The number of primary amides is 1. The number of rotatable bonds is 6. The van der Waals surface area contributed by atoms with E-state index in [0.717, 1.165) is 19.5 Å². The first-order valence-electron chi connectivity index (χ1n) is 4.78. The smallest absolute Gasteiger partial charge is 0.217 e. The monoisotopic (exact) mass is 195 g/mol. The van der Waals surface area contributed by atoms with E-state index >= 15 is 0 Å². The number of aromatic nitrogens is 1. The van der Waals surface area contributed by atoms with Crippen LogP contribution in [0.2, 0.25) is 0 Å². The van der Waals surface area contributed by atoms with Gasteiger partial charge in [0.25, 0.3) is 0 Å². The lowest BCUT2D eigenvalue weighted by molar-refractivity contribution is -0.118. The van der Waals surface area contributed by atoms with E-state index in [1.54, 1.807) is 0 Å². The Balaban J connectivity index is 2.07. The van der Waals surface area contributed by atoms with E-state index in [-0.39, 0.29) is 5.91 Å². The lowest BCUT2D eigenvalue weighted by Gasteiger charge is -2.01. The van der Waals surface area contributed by atoms with Gasteiger partial charge in [0.05, 0.1) is 0 Å². The molecular formula is C10H17N3O. The SMILES string of the molecule is Cn1ccc(CNCCCC(N)=O)c1. The summed E-state index contributed by atoms with van der Waals surface area (Å²) in [5, 5.41) is 3.25. The molecule has 1 aromatic rings. The van der Waals surface area contributed by atoms with Crippen LogP contribution in [0, 0.1) is 0 Å². The predicted octanol–water partition coefficient (Wildman–Crippen LogP) is 0.380. The third-order valence-electron chi connectivity index (χ3n) is 2.00. The number of amides is 1. The average Bonchev–Trinajstić information content (AvgIpc) is 2.50. The van der Waals surface area contributed by atoms with Gasteiger partial charge in [0.2, 0.25) is 5.91 Å². The van der Waals surface area contributed by atoms with E-state index in [1.165, 1.54) is 5.56 Å². The highest BCUT2D eigenvalue weighted by Gasteiger charge is 1.95. The first kappa shape index (κ1) is 10.8. The highest BCUT2D eigenvalue weighted by atomic mass is 16.1. The van der Waals surface area contributed by atoms with Crippen LogP contribution in [0.1, 0.15) is 18.4 Å². The Bertz CT molecular complexity index is 293. The third kappa shape index (κ3) is 4.09. The first-order chi connectivity index (χ1) is 6.68. The van der Waals surface area contributed by atoms with Crippen LogP contribution >= 0.6 is 0 Å². The molecule has 0 bridgehead atoms. The molecule has 4 nitrogen and oxygen atoms in total. The Morgan fingerprint density at radius 3 is 3.00 bits per heavy atom. The summed E-state index contributed by atoms with van der Waals surface area (Å²) in [6.07, 6.45) is 5.35. The second-order valence-corrected chi connectivity index (χ2v) is 3.43. The van der Waals surface area contributed by atoms with Gasteiger partial charge in [-0.25, -0.2) is 0 Å². The molecule has 0 aliphatic carbocycles. The number of hydrogen-bond donors (Lipinski definition) is 2. The predicted molar refractivity (Wildman–Crippen MR) is 55.5 cm³/mol. The van der Waals surface area contributed by atoms with E-state index in [4.69, 9.17) is 5.73 Å². The standard InChI is InChI=1S/C10H17N3O/c1-13-6-4-9(8-13)7-12-5-2-3-10(11)14/h4,6,8,12H,2-3,5,7H2,1H3,(H2,11,14). The van der Waals surface area contributed by atoms with Crippen LogP contribution in [0.5, 0.6) is 0 Å². The van der Waals surface area contributed by atoms with Crippen molar-refractivity contribution in [3.8, 4) is 0 Å². The van der Waals surface area contributed by atoms with E-state index < -0.39 is 0 Å². The maximum atomic E-state index is 10.4. The van der Waals surface area contributed by atoms with Gasteiger partial charge in [-0.05, 0) is 24.6 Å². The molecule has 0 unspecified atom stereocenters. The molecule has 0 aliphatic rings. The highest BCUT2D eigenvalue weighted by Crippen LogP contribution is 1.98. The van der Waals surface area contributed by atoms with Crippen molar-refractivity contribution < 1.29 is 4.79 Å². The maximum Gasteiger partial charge on any atom is 0.217 e. The fourth-order valence-corrected chi connectivity index (χ4v) is 1.29. The Labute approximate surface area is 84.1 Å². The molecule has 1 aromatic heterocycles. The van der Waals surface area contributed by atoms with Gasteiger partial charge in [-0.1, -0.05) is 0 Å². The van der Waals surface area contributed by atoms with E-state index in [0.29, 0.717) is 6.42 Å². The maximum absolute atomic E-state index is 10.4. The first-order valence-corrected chi connectivity index (χ1v) is 4.78. The van der Waals surface area contributed by atoms with Crippen LogP contribution in [0.15, 0.2) is 18.5 Å². The van der Waals surface area contributed by atoms with Gasteiger partial charge in [0.1, 0.15) is 0 Å². The summed E-state index contributed by atoms with van der Waals surface area (Å²) in [5.74, 6) is -0.230. The molecule has 0 radical (unpaired) electrons. The van der Waals surface area contributed by atoms with Crippen LogP contribution in [0.3, 0.4) is 0 Å². The van der Waals surface area contributed by atoms with Crippen molar-refractivity contribution in [3.63, 3.8) is 0 Å². The van der Waals surface area contributed by atoms with E-state index in [9.17, 15) is 4.79 Å². The number of carbonyl (C=O) groups excluding carboxylic acids is 1. The second-order valence-electron chi connectivity index (χ2n) is 3.43. The molecule has 0 fully saturated rings. The zero-order valence-electron chi connectivity index (χ0n) is 8.49. The van der Waals surface area contributed by atoms with Crippen LogP contribution in [0.25, 0.3) is 0 Å². The van der Waals surface area contributed by atoms with Crippen molar-refractivity contribution in [2.75, 3.05) is 6.54 Å². The number of nitrogens with two attached hydrogens (primary N) is 1. The lowest BCUT2D eigenvalue weighted by Crippen LogP contribution is -2.17. The Kier molecular flexibility index (Phi) is 4.19. The minimum atomic E-state index is -0.230. The second kappa shape index (κ2) is 5.44. The number of nitrogens with zero attached hydrogens (tertiary/aromatic N) is 1. The summed E-state index contributed by atoms with van der Waals surface area (Å²) >= 11 is 0. The van der Waals surface area contributed by atoms with Gasteiger partial charge in [-0.2, -0.15) is 0 Å². The zero-order chi connectivity index (χ0) is 10.4. The molecule has 1 amide bonds. The molecule has 78 valence electrons. The van der Waals surface area contributed by atoms with Crippen molar-refractivity contribution in [2.24, 2.45) is 12.8 Å². The highest BCUT2D eigenvalue weighted by molar-refractivity contribution is 5.73. The van der Waals surface area contributed by atoms with Crippen molar-refractivity contribution in [3.05, 3.63) is 24.0 Å². The number of nitrogens with one attached hydrogen (secondary N) is 1. The topological polar surface area (TPSA) is 60.1 Å². The molecule has 0 aromatic carbocycles. The quantitative estimate of drug-likeness (QED) is 0.645. The van der Waals surface area contributed by atoms with Crippen LogP contribution in [0.4, 0.5) is 0 Å². The van der Waals surface area contributed by atoms with Crippen molar-refractivity contribution in [1.29, 1.82) is 0 Å². The van der Waals surface area contributed by atoms with Gasteiger partial charge in [0.15, 0.2) is 0 Å². The molecule has 14 heavy (non-hydrogen) atoms. The van der Waals surface area contributed by atoms with Gasteiger partial charge in [-0.3, -0.25) is 4.79 Å². The molecule has 3 N–H and O–H groups in total. The summed E-state index contributed by atoms with van der Waals surface area (Å²) in [5.41, 5.74) is 6.28. The summed E-state index contributed by atoms with van der Waals surface area (Å²) in [4.78, 5) is 10.4. The van der Waals surface area contributed by atoms with E-state index in [1.807, 2.05) is 17.8 Å². The number of aryl methyl sites for hydroxylation is 1. The van der Waals surface area contributed by atoms with E-state index in [2.05, 4.69) is 17.6 Å². The van der Waals surface area contributed by atoms with Crippen molar-refractivity contribution in [2.45, 2.75) is 19.4 Å². The number of hydrogen-bond acceptors (Lipinski definition) is 2. The molecule has 0 saturated carbocycles. The molecule has 0 atom stereocenters. The van der Waals surface area contributed by atoms with Gasteiger partial charge < -0.3 is 15.6 Å². The Morgan fingerprint density at radius 2 is 2.43 bits per heavy atom. The molecule has 1 rings (SSSR count). The summed E-state index contributed by atoms with van der Waals surface area (Å²) < 4.78 is 2.01. The Morgan fingerprint density at radius 1 is 1.64 bits per heavy atom. The van der Waals surface area contributed by atoms with Gasteiger partial charge >= 0.3 is 0 Å². The minimum absolute atomic E-state index is 0.230. The molecule has 4 heteroatoms. The Hall–Kier alpha value is -1.29.